The Kier molecular flexibility index (Phi) is 9.61. The highest BCUT2D eigenvalue weighted by Gasteiger charge is 2.46. The van der Waals surface area contributed by atoms with E-state index in [4.69, 9.17) is 18.9 Å². The highest BCUT2D eigenvalue weighted by Crippen LogP contribution is 2.49. The Hall–Kier alpha value is -1.85. The van der Waals surface area contributed by atoms with Crippen LogP contribution in [-0.2, 0) is 25.6 Å². The predicted molar refractivity (Wildman–Crippen MR) is 135 cm³/mol. The molecule has 1 aromatic carbocycles. The van der Waals surface area contributed by atoms with Gasteiger partial charge in [0.1, 0.15) is 12.4 Å². The maximum Gasteiger partial charge on any atom is 0.335 e. The highest BCUT2D eigenvalue weighted by molar-refractivity contribution is 5.74. The zero-order valence-electron chi connectivity index (χ0n) is 21.8. The second kappa shape index (κ2) is 12.2. The molecule has 0 radical (unpaired) electrons. The molecular formula is C29H44O5. The molecule has 3 atom stereocenters. The van der Waals surface area contributed by atoms with E-state index in [0.717, 1.165) is 43.4 Å². The SMILES string of the molecule is COc1ccc(CO[C@H]2C(C)(C)CCC[C@]2(C)/C=C/COC(=O)C(C)OC2CCCCC2)cc1. The third-order valence-corrected chi connectivity index (χ3v) is 7.52. The van der Waals surface area contributed by atoms with Crippen LogP contribution >= 0.6 is 0 Å². The van der Waals surface area contributed by atoms with Crippen LogP contribution in [0.2, 0.25) is 0 Å². The van der Waals surface area contributed by atoms with E-state index in [1.807, 2.05) is 18.2 Å². The van der Waals surface area contributed by atoms with E-state index in [1.54, 1.807) is 14.0 Å². The van der Waals surface area contributed by atoms with Crippen molar-refractivity contribution in [2.75, 3.05) is 13.7 Å². The molecule has 2 aliphatic rings. The van der Waals surface area contributed by atoms with E-state index < -0.39 is 6.10 Å². The largest absolute Gasteiger partial charge is 0.497 e. The van der Waals surface area contributed by atoms with Gasteiger partial charge in [0.05, 0.1) is 25.9 Å². The van der Waals surface area contributed by atoms with Crippen LogP contribution in [0.4, 0.5) is 0 Å². The van der Waals surface area contributed by atoms with Crippen molar-refractivity contribution in [3.63, 3.8) is 0 Å². The number of hydrogen-bond acceptors (Lipinski definition) is 5. The Morgan fingerprint density at radius 3 is 2.44 bits per heavy atom. The molecule has 1 aromatic rings. The fourth-order valence-corrected chi connectivity index (χ4v) is 5.68. The quantitative estimate of drug-likeness (QED) is 0.282. The normalized spacial score (nSPS) is 26.3. The van der Waals surface area contributed by atoms with Crippen molar-refractivity contribution < 1.29 is 23.7 Å². The van der Waals surface area contributed by atoms with Gasteiger partial charge in [-0.05, 0) is 55.7 Å². The average Bonchev–Trinajstić information content (AvgIpc) is 2.82. The Morgan fingerprint density at radius 2 is 1.76 bits per heavy atom. The minimum Gasteiger partial charge on any atom is -0.497 e. The van der Waals surface area contributed by atoms with Gasteiger partial charge in [-0.3, -0.25) is 0 Å². The molecule has 0 bridgehead atoms. The number of ether oxygens (including phenoxy) is 4. The zero-order chi connectivity index (χ0) is 24.6. The summed E-state index contributed by atoms with van der Waals surface area (Å²) in [6, 6.07) is 8.05. The number of methoxy groups -OCH3 is 1. The van der Waals surface area contributed by atoms with Gasteiger partial charge in [-0.25, -0.2) is 4.79 Å². The first kappa shape index (κ1) is 26.7. The molecule has 34 heavy (non-hydrogen) atoms. The molecule has 0 spiro atoms. The van der Waals surface area contributed by atoms with Crippen LogP contribution in [0.3, 0.4) is 0 Å². The molecule has 190 valence electrons. The number of hydrogen-bond donors (Lipinski definition) is 0. The maximum absolute atomic E-state index is 12.4. The van der Waals surface area contributed by atoms with Crippen LogP contribution in [0.5, 0.6) is 5.75 Å². The van der Waals surface area contributed by atoms with E-state index in [-0.39, 0.29) is 35.6 Å². The van der Waals surface area contributed by atoms with Crippen molar-refractivity contribution in [3.05, 3.63) is 42.0 Å². The summed E-state index contributed by atoms with van der Waals surface area (Å²) in [6.45, 7) is 9.47. The minimum absolute atomic E-state index is 0.0584. The van der Waals surface area contributed by atoms with Gasteiger partial charge in [0, 0.05) is 5.41 Å². The van der Waals surface area contributed by atoms with E-state index >= 15 is 0 Å². The lowest BCUT2D eigenvalue weighted by Crippen LogP contribution is -2.47. The molecule has 0 aromatic heterocycles. The standard InChI is InChI=1S/C29H44O5/c1-22(34-25-11-7-6-8-12-25)26(30)32-20-10-19-29(4)18-9-17-28(2,3)27(29)33-21-23-13-15-24(31-5)16-14-23/h10,13-16,19,22,25,27H,6-9,11-12,17-18,20-21H2,1-5H3/b19-10+/t22?,27-,29+/m0/s1. The molecule has 0 saturated heterocycles. The molecule has 2 fully saturated rings. The molecule has 0 amide bonds. The van der Waals surface area contributed by atoms with Crippen molar-refractivity contribution in [2.45, 2.75) is 104 Å². The molecule has 2 aliphatic carbocycles. The van der Waals surface area contributed by atoms with E-state index in [0.29, 0.717) is 6.61 Å². The number of carbonyl (C=O) groups excluding carboxylic acids is 1. The van der Waals surface area contributed by atoms with Gasteiger partial charge in [-0.2, -0.15) is 0 Å². The summed E-state index contributed by atoms with van der Waals surface area (Å²) in [5, 5.41) is 0. The molecule has 0 aliphatic heterocycles. The van der Waals surface area contributed by atoms with Gasteiger partial charge in [0.25, 0.3) is 0 Å². The number of esters is 1. The summed E-state index contributed by atoms with van der Waals surface area (Å²) >= 11 is 0. The van der Waals surface area contributed by atoms with Crippen LogP contribution in [0.1, 0.15) is 84.6 Å². The molecule has 3 rings (SSSR count). The van der Waals surface area contributed by atoms with Gasteiger partial charge < -0.3 is 18.9 Å². The summed E-state index contributed by atoms with van der Waals surface area (Å²) in [6.07, 6.45) is 13.0. The molecule has 0 heterocycles. The molecule has 0 N–H and O–H groups in total. The van der Waals surface area contributed by atoms with Crippen molar-refractivity contribution in [3.8, 4) is 5.75 Å². The topological polar surface area (TPSA) is 54.0 Å². The second-order valence-corrected chi connectivity index (χ2v) is 11.0. The molecule has 2 saturated carbocycles. The smallest absolute Gasteiger partial charge is 0.335 e. The Labute approximate surface area is 206 Å². The molecule has 5 nitrogen and oxygen atoms in total. The predicted octanol–water partition coefficient (Wildman–Crippen LogP) is 6.63. The third kappa shape index (κ3) is 7.32. The first-order valence-corrected chi connectivity index (χ1v) is 13.0. The number of carbonyl (C=O) groups is 1. The Morgan fingerprint density at radius 1 is 1.06 bits per heavy atom. The van der Waals surface area contributed by atoms with Crippen molar-refractivity contribution in [1.29, 1.82) is 0 Å². The molecular weight excluding hydrogens is 428 g/mol. The zero-order valence-corrected chi connectivity index (χ0v) is 21.8. The summed E-state index contributed by atoms with van der Waals surface area (Å²) in [7, 11) is 1.68. The first-order chi connectivity index (χ1) is 16.2. The second-order valence-electron chi connectivity index (χ2n) is 11.0. The summed E-state index contributed by atoms with van der Waals surface area (Å²) in [5.74, 6) is 0.569. The van der Waals surface area contributed by atoms with Crippen LogP contribution < -0.4 is 4.74 Å². The third-order valence-electron chi connectivity index (χ3n) is 7.52. The lowest BCUT2D eigenvalue weighted by Gasteiger charge is -2.49. The maximum atomic E-state index is 12.4. The monoisotopic (exact) mass is 472 g/mol. The van der Waals surface area contributed by atoms with Gasteiger partial charge in [0.15, 0.2) is 6.10 Å². The van der Waals surface area contributed by atoms with Gasteiger partial charge >= 0.3 is 5.97 Å². The van der Waals surface area contributed by atoms with Crippen LogP contribution in [0, 0.1) is 10.8 Å². The number of rotatable bonds is 10. The summed E-state index contributed by atoms with van der Waals surface area (Å²) < 4.78 is 23.3. The van der Waals surface area contributed by atoms with Crippen LogP contribution in [0.15, 0.2) is 36.4 Å². The Balaban J connectivity index is 1.54. The average molecular weight is 473 g/mol. The van der Waals surface area contributed by atoms with E-state index in [2.05, 4.69) is 39.0 Å². The Bertz CT molecular complexity index is 793. The fourth-order valence-electron chi connectivity index (χ4n) is 5.68. The lowest BCUT2D eigenvalue weighted by molar-refractivity contribution is -0.159. The molecule has 5 heteroatoms. The highest BCUT2D eigenvalue weighted by atomic mass is 16.6. The lowest BCUT2D eigenvalue weighted by atomic mass is 9.62. The van der Waals surface area contributed by atoms with Gasteiger partial charge in [-0.1, -0.05) is 70.7 Å². The summed E-state index contributed by atoms with van der Waals surface area (Å²) in [4.78, 5) is 12.4. The van der Waals surface area contributed by atoms with E-state index in [9.17, 15) is 4.79 Å². The van der Waals surface area contributed by atoms with Gasteiger partial charge in [-0.15, -0.1) is 0 Å². The van der Waals surface area contributed by atoms with Crippen molar-refractivity contribution >= 4 is 5.97 Å². The first-order valence-electron chi connectivity index (χ1n) is 13.0. The minimum atomic E-state index is -0.513. The van der Waals surface area contributed by atoms with Gasteiger partial charge in [0.2, 0.25) is 0 Å². The fraction of sp³-hybridized carbons (Fsp3) is 0.690. The summed E-state index contributed by atoms with van der Waals surface area (Å²) in [5.41, 5.74) is 1.07. The van der Waals surface area contributed by atoms with Crippen molar-refractivity contribution in [2.24, 2.45) is 10.8 Å². The van der Waals surface area contributed by atoms with E-state index in [1.165, 1.54) is 19.3 Å². The van der Waals surface area contributed by atoms with Crippen LogP contribution in [-0.4, -0.2) is 38.0 Å². The van der Waals surface area contributed by atoms with Crippen molar-refractivity contribution in [1.82, 2.24) is 0 Å². The number of benzene rings is 1. The van der Waals surface area contributed by atoms with Crippen LogP contribution in [0.25, 0.3) is 0 Å². The molecule has 1 unspecified atom stereocenters.